The van der Waals surface area contributed by atoms with Crippen LogP contribution in [0.25, 0.3) is 0 Å². The molecule has 28 heavy (non-hydrogen) atoms. The third kappa shape index (κ3) is 5.32. The van der Waals surface area contributed by atoms with Crippen LogP contribution in [-0.4, -0.2) is 10.0 Å². The van der Waals surface area contributed by atoms with Crippen LogP contribution in [0.3, 0.4) is 0 Å². The number of aliphatic hydroxyl groups excluding tert-OH is 1. The number of rotatable bonds is 7. The highest BCUT2D eigenvalue weighted by Gasteiger charge is 2.18. The Kier molecular flexibility index (Phi) is 6.67. The van der Waals surface area contributed by atoms with E-state index in [9.17, 15) is 15.2 Å². The summed E-state index contributed by atoms with van der Waals surface area (Å²) in [6.45, 7) is 0. The predicted molar refractivity (Wildman–Crippen MR) is 115 cm³/mol. The van der Waals surface area contributed by atoms with E-state index >= 15 is 0 Å². The molecule has 0 aliphatic heterocycles. The fourth-order valence-electron chi connectivity index (χ4n) is 2.90. The number of nitrogens with one attached hydrogen (secondary N) is 1. The number of aliphatic hydroxyl groups is 1. The van der Waals surface area contributed by atoms with Crippen molar-refractivity contribution in [2.24, 2.45) is 0 Å². The molecule has 2 atom stereocenters. The molecule has 7 heteroatoms. The second-order valence-corrected chi connectivity index (χ2v) is 7.71. The van der Waals surface area contributed by atoms with Gasteiger partial charge in [-0.05, 0) is 47.5 Å². The summed E-state index contributed by atoms with van der Waals surface area (Å²) in [5.74, 6) is 0. The zero-order valence-corrected chi connectivity index (χ0v) is 17.1. The summed E-state index contributed by atoms with van der Waals surface area (Å²) < 4.78 is 0.946. The van der Waals surface area contributed by atoms with Crippen LogP contribution in [0.1, 0.15) is 29.7 Å². The minimum atomic E-state index is -0.681. The highest BCUT2D eigenvalue weighted by molar-refractivity contribution is 9.10. The van der Waals surface area contributed by atoms with E-state index in [-0.39, 0.29) is 11.7 Å². The zero-order chi connectivity index (χ0) is 20.1. The summed E-state index contributed by atoms with van der Waals surface area (Å²) in [6.07, 6.45) is -0.264. The van der Waals surface area contributed by atoms with E-state index in [1.54, 1.807) is 24.3 Å². The maximum Gasteiger partial charge on any atom is 0.269 e. The van der Waals surface area contributed by atoms with Gasteiger partial charge in [0.05, 0.1) is 17.1 Å². The lowest BCUT2D eigenvalue weighted by molar-refractivity contribution is -0.384. The van der Waals surface area contributed by atoms with Gasteiger partial charge < -0.3 is 10.4 Å². The fourth-order valence-corrected chi connectivity index (χ4v) is 3.29. The van der Waals surface area contributed by atoms with Crippen LogP contribution < -0.4 is 5.32 Å². The lowest BCUT2D eigenvalue weighted by Gasteiger charge is -2.23. The van der Waals surface area contributed by atoms with Gasteiger partial charge >= 0.3 is 0 Å². The Morgan fingerprint density at radius 1 is 0.964 bits per heavy atom. The summed E-state index contributed by atoms with van der Waals surface area (Å²) in [6, 6.07) is 20.9. The molecule has 2 N–H and O–H groups in total. The van der Waals surface area contributed by atoms with E-state index in [1.165, 1.54) is 12.1 Å². The van der Waals surface area contributed by atoms with Crippen LogP contribution >= 0.6 is 27.5 Å². The van der Waals surface area contributed by atoms with Gasteiger partial charge in [0.2, 0.25) is 0 Å². The molecule has 0 spiro atoms. The molecule has 0 bridgehead atoms. The van der Waals surface area contributed by atoms with Crippen molar-refractivity contribution in [2.45, 2.75) is 18.6 Å². The van der Waals surface area contributed by atoms with Crippen LogP contribution in [0.5, 0.6) is 0 Å². The first-order valence-electron chi connectivity index (χ1n) is 8.62. The smallest absolute Gasteiger partial charge is 0.269 e. The quantitative estimate of drug-likeness (QED) is 0.320. The molecule has 2 unspecified atom stereocenters. The number of hydrogen-bond donors (Lipinski definition) is 2. The Balaban J connectivity index is 1.83. The Hall–Kier alpha value is -2.41. The van der Waals surface area contributed by atoms with Crippen LogP contribution in [0.4, 0.5) is 11.4 Å². The molecule has 5 nitrogen and oxygen atoms in total. The number of nitrogens with zero attached hydrogens (tertiary/aromatic N) is 1. The van der Waals surface area contributed by atoms with Gasteiger partial charge in [-0.15, -0.1) is 0 Å². The summed E-state index contributed by atoms with van der Waals surface area (Å²) >= 11 is 9.40. The van der Waals surface area contributed by atoms with Gasteiger partial charge in [0.25, 0.3) is 5.69 Å². The van der Waals surface area contributed by atoms with Crippen molar-refractivity contribution >= 4 is 38.9 Å². The predicted octanol–water partition coefficient (Wildman–Crippen LogP) is 6.29. The highest BCUT2D eigenvalue weighted by atomic mass is 79.9. The van der Waals surface area contributed by atoms with Crippen LogP contribution in [0, 0.1) is 10.1 Å². The van der Waals surface area contributed by atoms with Crippen molar-refractivity contribution < 1.29 is 10.0 Å². The number of hydrogen-bond acceptors (Lipinski definition) is 4. The minimum absolute atomic E-state index is 0.0310. The van der Waals surface area contributed by atoms with Gasteiger partial charge in [0.1, 0.15) is 0 Å². The molecular weight excluding hydrogens is 444 g/mol. The molecular formula is C21H18BrClN2O3. The standard InChI is InChI=1S/C21H18BrClN2O3/c22-16-5-1-15(2-6-16)21(26)13-20(14-3-7-17(23)8-4-14)24-18-9-11-19(12-10-18)25(27)28/h1-12,20-21,24,26H,13H2. The summed E-state index contributed by atoms with van der Waals surface area (Å²) in [5.41, 5.74) is 2.53. The zero-order valence-electron chi connectivity index (χ0n) is 14.8. The molecule has 0 radical (unpaired) electrons. The normalized spacial score (nSPS) is 13.0. The number of non-ortho nitro benzene ring substituents is 1. The minimum Gasteiger partial charge on any atom is -0.388 e. The lowest BCUT2D eigenvalue weighted by Crippen LogP contribution is -2.15. The van der Waals surface area contributed by atoms with Crippen molar-refractivity contribution in [3.63, 3.8) is 0 Å². The monoisotopic (exact) mass is 460 g/mol. The van der Waals surface area contributed by atoms with Crippen molar-refractivity contribution in [1.82, 2.24) is 0 Å². The first kappa shape index (κ1) is 20.3. The maximum absolute atomic E-state index is 10.9. The van der Waals surface area contributed by atoms with Gasteiger partial charge in [0.15, 0.2) is 0 Å². The van der Waals surface area contributed by atoms with Crippen LogP contribution in [0.2, 0.25) is 5.02 Å². The largest absolute Gasteiger partial charge is 0.388 e. The van der Waals surface area contributed by atoms with E-state index in [0.29, 0.717) is 11.4 Å². The van der Waals surface area contributed by atoms with Crippen LogP contribution in [-0.2, 0) is 0 Å². The Labute approximate surface area is 176 Å². The van der Waals surface area contributed by atoms with Gasteiger partial charge in [-0.1, -0.05) is 51.8 Å². The average Bonchev–Trinajstić information content (AvgIpc) is 2.69. The van der Waals surface area contributed by atoms with Crippen molar-refractivity contribution in [2.75, 3.05) is 5.32 Å². The average molecular weight is 462 g/mol. The number of benzene rings is 3. The van der Waals surface area contributed by atoms with Gasteiger partial charge in [0, 0.05) is 33.7 Å². The Morgan fingerprint density at radius 2 is 1.54 bits per heavy atom. The fraction of sp³-hybridized carbons (Fsp3) is 0.143. The van der Waals surface area contributed by atoms with Crippen molar-refractivity contribution in [3.8, 4) is 0 Å². The van der Waals surface area contributed by atoms with Crippen LogP contribution in [0.15, 0.2) is 77.3 Å². The SMILES string of the molecule is O=[N+]([O-])c1ccc(NC(CC(O)c2ccc(Br)cc2)c2ccc(Cl)cc2)cc1. The number of nitro groups is 1. The van der Waals surface area contributed by atoms with E-state index in [2.05, 4.69) is 21.2 Å². The summed E-state index contributed by atoms with van der Waals surface area (Å²) in [5, 5.41) is 25.6. The summed E-state index contributed by atoms with van der Waals surface area (Å²) in [4.78, 5) is 10.4. The molecule has 0 saturated carbocycles. The van der Waals surface area contributed by atoms with E-state index in [1.807, 2.05) is 36.4 Å². The molecule has 0 heterocycles. The molecule has 144 valence electrons. The van der Waals surface area contributed by atoms with Gasteiger partial charge in [-0.3, -0.25) is 10.1 Å². The van der Waals surface area contributed by atoms with Crippen molar-refractivity contribution in [3.05, 3.63) is 104 Å². The molecule has 3 rings (SSSR count). The molecule has 3 aromatic rings. The van der Waals surface area contributed by atoms with E-state index < -0.39 is 11.0 Å². The van der Waals surface area contributed by atoms with E-state index in [0.717, 1.165) is 21.3 Å². The molecule has 0 fully saturated rings. The van der Waals surface area contributed by atoms with Gasteiger partial charge in [-0.25, -0.2) is 0 Å². The number of halogens is 2. The highest BCUT2D eigenvalue weighted by Crippen LogP contribution is 2.31. The first-order chi connectivity index (χ1) is 13.4. The third-order valence-corrected chi connectivity index (χ3v) is 5.19. The maximum atomic E-state index is 10.9. The number of nitro benzene ring substituents is 1. The van der Waals surface area contributed by atoms with Gasteiger partial charge in [-0.2, -0.15) is 0 Å². The molecule has 0 saturated heterocycles. The first-order valence-corrected chi connectivity index (χ1v) is 9.79. The molecule has 0 aliphatic rings. The molecule has 0 amide bonds. The van der Waals surface area contributed by atoms with Crippen molar-refractivity contribution in [1.29, 1.82) is 0 Å². The molecule has 0 aliphatic carbocycles. The Morgan fingerprint density at radius 3 is 2.11 bits per heavy atom. The third-order valence-electron chi connectivity index (χ3n) is 4.41. The molecule has 0 aromatic heterocycles. The second kappa shape index (κ2) is 9.19. The van der Waals surface area contributed by atoms with E-state index in [4.69, 9.17) is 11.6 Å². The summed E-state index contributed by atoms with van der Waals surface area (Å²) in [7, 11) is 0. The second-order valence-electron chi connectivity index (χ2n) is 6.36. The Bertz CT molecular complexity index is 931. The topological polar surface area (TPSA) is 75.4 Å². The lowest BCUT2D eigenvalue weighted by atomic mass is 9.96. The molecule has 3 aromatic carbocycles. The number of anilines is 1.